The Morgan fingerprint density at radius 3 is 2.75 bits per heavy atom. The van der Waals surface area contributed by atoms with E-state index < -0.39 is 8.32 Å². The predicted molar refractivity (Wildman–Crippen MR) is 56.0 cm³/mol. The van der Waals surface area contributed by atoms with E-state index in [1.165, 1.54) is 18.5 Å². The molecular weight excluding hydrogens is 188 g/mol. The molecule has 72 valence electrons. The Morgan fingerprint density at radius 2 is 2.25 bits per heavy atom. The lowest BCUT2D eigenvalue weighted by atomic mass is 10.3. The third-order valence-electron chi connectivity index (χ3n) is 2.39. The van der Waals surface area contributed by atoms with Gasteiger partial charge in [-0.15, -0.1) is 0 Å². The number of hydrogen-bond donors (Lipinski definition) is 0. The van der Waals surface area contributed by atoms with E-state index in [0.29, 0.717) is 0 Å². The highest BCUT2D eigenvalue weighted by atomic mass is 35.5. The second kappa shape index (κ2) is 4.12. The van der Waals surface area contributed by atoms with E-state index in [1.807, 2.05) is 0 Å². The van der Waals surface area contributed by atoms with Gasteiger partial charge in [0.1, 0.15) is 5.56 Å². The van der Waals surface area contributed by atoms with Gasteiger partial charge in [-0.05, 0) is 37.4 Å². The highest BCUT2D eigenvalue weighted by molar-refractivity contribution is 6.73. The zero-order valence-electron chi connectivity index (χ0n) is 8.27. The molecule has 1 rings (SSSR count). The first-order chi connectivity index (χ1) is 5.52. The average molecular weight is 207 g/mol. The van der Waals surface area contributed by atoms with Crippen LogP contribution in [0, 0.1) is 5.92 Å². The van der Waals surface area contributed by atoms with Gasteiger partial charge < -0.3 is 4.43 Å². The summed E-state index contributed by atoms with van der Waals surface area (Å²) >= 11 is 6.00. The van der Waals surface area contributed by atoms with Gasteiger partial charge in [0.2, 0.25) is 0 Å². The van der Waals surface area contributed by atoms with Gasteiger partial charge in [0.15, 0.2) is 8.32 Å². The van der Waals surface area contributed by atoms with Crippen molar-refractivity contribution in [1.29, 1.82) is 0 Å². The van der Waals surface area contributed by atoms with E-state index in [2.05, 4.69) is 20.4 Å². The van der Waals surface area contributed by atoms with Gasteiger partial charge in [-0.3, -0.25) is 0 Å². The van der Waals surface area contributed by atoms with Gasteiger partial charge in [0, 0.05) is 0 Å². The van der Waals surface area contributed by atoms with Gasteiger partial charge in [0.25, 0.3) is 0 Å². The normalized spacial score (nSPS) is 37.2. The van der Waals surface area contributed by atoms with Crippen LogP contribution in [0.25, 0.3) is 0 Å². The number of hydrogen-bond acceptors (Lipinski definition) is 1. The van der Waals surface area contributed by atoms with Crippen LogP contribution in [0.3, 0.4) is 0 Å². The maximum atomic E-state index is 6.00. The van der Waals surface area contributed by atoms with E-state index in [9.17, 15) is 0 Å². The van der Waals surface area contributed by atoms with E-state index in [0.717, 1.165) is 12.3 Å². The Labute approximate surface area is 81.6 Å². The highest BCUT2D eigenvalue weighted by Gasteiger charge is 2.35. The second-order valence-corrected chi connectivity index (χ2v) is 9.00. The molecule has 0 saturated carbocycles. The van der Waals surface area contributed by atoms with Crippen molar-refractivity contribution in [2.45, 2.75) is 50.9 Å². The van der Waals surface area contributed by atoms with Crippen molar-refractivity contribution < 1.29 is 4.43 Å². The third-order valence-corrected chi connectivity index (χ3v) is 6.79. The lowest BCUT2D eigenvalue weighted by Gasteiger charge is -2.35. The first-order valence-corrected chi connectivity index (χ1v) is 8.10. The molecule has 2 atom stereocenters. The van der Waals surface area contributed by atoms with Crippen LogP contribution in [0.2, 0.25) is 18.6 Å². The topological polar surface area (TPSA) is 9.23 Å². The van der Waals surface area contributed by atoms with E-state index >= 15 is 0 Å². The zero-order valence-corrected chi connectivity index (χ0v) is 10.0. The molecule has 0 aromatic rings. The summed E-state index contributed by atoms with van der Waals surface area (Å²) < 4.78 is 5.89. The summed E-state index contributed by atoms with van der Waals surface area (Å²) in [5.41, 5.74) is 0.00849. The Balaban J connectivity index is 2.45. The largest absolute Gasteiger partial charge is 0.401 e. The van der Waals surface area contributed by atoms with Crippen molar-refractivity contribution in [2.24, 2.45) is 5.92 Å². The molecule has 12 heavy (non-hydrogen) atoms. The Bertz CT molecular complexity index is 147. The van der Waals surface area contributed by atoms with Crippen LogP contribution in [0.5, 0.6) is 0 Å². The van der Waals surface area contributed by atoms with Crippen LogP contribution in [-0.4, -0.2) is 13.9 Å². The Hall–Kier alpha value is 0.467. The summed E-state index contributed by atoms with van der Waals surface area (Å²) in [5.74, 6) is 0.753. The van der Waals surface area contributed by atoms with Crippen molar-refractivity contribution in [3.63, 3.8) is 0 Å². The molecule has 1 nitrogen and oxygen atoms in total. The molecule has 3 heteroatoms. The average Bonchev–Trinajstić information content (AvgIpc) is 1.82. The molecule has 1 aliphatic rings. The molecule has 2 unspecified atom stereocenters. The molecule has 0 aromatic carbocycles. The first kappa shape index (κ1) is 10.5. The number of rotatable bonds is 2. The lowest BCUT2D eigenvalue weighted by molar-refractivity contribution is 0.229. The highest BCUT2D eigenvalue weighted by Crippen LogP contribution is 2.32. The lowest BCUT2D eigenvalue weighted by Crippen LogP contribution is -2.41. The quantitative estimate of drug-likeness (QED) is 0.496. The molecule has 1 fully saturated rings. The second-order valence-electron chi connectivity index (χ2n) is 4.47. The monoisotopic (exact) mass is 206 g/mol. The van der Waals surface area contributed by atoms with E-state index in [4.69, 9.17) is 16.0 Å². The Morgan fingerprint density at radius 1 is 1.58 bits per heavy atom. The maximum absolute atomic E-state index is 6.00. The smallest absolute Gasteiger partial charge is 0.192 e. The van der Waals surface area contributed by atoms with E-state index in [1.54, 1.807) is 0 Å². The molecular formula is C9H19ClOSi. The summed E-state index contributed by atoms with van der Waals surface area (Å²) in [5, 5.41) is 0. The van der Waals surface area contributed by atoms with Crippen molar-refractivity contribution in [3.05, 3.63) is 0 Å². The molecule has 1 heterocycles. The molecule has 0 N–H and O–H groups in total. The van der Waals surface area contributed by atoms with Crippen LogP contribution in [-0.2, 0) is 4.43 Å². The fraction of sp³-hybridized carbons (Fsp3) is 1.00. The molecule has 1 saturated heterocycles. The SMILES string of the molecule is CC(C)C[Si]1(C)CCCC(Cl)O1. The third kappa shape index (κ3) is 3.07. The minimum absolute atomic E-state index is 0.00849. The molecule has 0 bridgehead atoms. The van der Waals surface area contributed by atoms with Crippen LogP contribution < -0.4 is 0 Å². The predicted octanol–water partition coefficient (Wildman–Crippen LogP) is 3.59. The van der Waals surface area contributed by atoms with Gasteiger partial charge in [0.05, 0.1) is 0 Å². The van der Waals surface area contributed by atoms with Crippen LogP contribution in [0.4, 0.5) is 0 Å². The summed E-state index contributed by atoms with van der Waals surface area (Å²) in [6.45, 7) is 6.85. The van der Waals surface area contributed by atoms with Crippen molar-refractivity contribution >= 4 is 19.9 Å². The van der Waals surface area contributed by atoms with Gasteiger partial charge in [-0.1, -0.05) is 25.4 Å². The fourth-order valence-electron chi connectivity index (χ4n) is 2.08. The molecule has 0 aromatic heterocycles. The standard InChI is InChI=1S/C9H19ClOSi/c1-8(2)7-12(3)6-4-5-9(10)11-12/h8-9H,4-7H2,1-3H3. The number of halogens is 1. The van der Waals surface area contributed by atoms with Crippen molar-refractivity contribution in [1.82, 2.24) is 0 Å². The van der Waals surface area contributed by atoms with Crippen molar-refractivity contribution in [3.8, 4) is 0 Å². The minimum Gasteiger partial charge on any atom is -0.401 e. The van der Waals surface area contributed by atoms with E-state index in [-0.39, 0.29) is 5.56 Å². The van der Waals surface area contributed by atoms with Gasteiger partial charge >= 0.3 is 0 Å². The summed E-state index contributed by atoms with van der Waals surface area (Å²) in [6, 6.07) is 2.56. The maximum Gasteiger partial charge on any atom is 0.192 e. The molecule has 0 aliphatic carbocycles. The molecule has 0 spiro atoms. The minimum atomic E-state index is -1.39. The van der Waals surface area contributed by atoms with Crippen LogP contribution >= 0.6 is 11.6 Å². The van der Waals surface area contributed by atoms with Crippen LogP contribution in [0.1, 0.15) is 26.7 Å². The first-order valence-electron chi connectivity index (χ1n) is 4.84. The van der Waals surface area contributed by atoms with Crippen LogP contribution in [0.15, 0.2) is 0 Å². The summed E-state index contributed by atoms with van der Waals surface area (Å²) in [7, 11) is -1.39. The van der Waals surface area contributed by atoms with Crippen molar-refractivity contribution in [2.75, 3.05) is 0 Å². The van der Waals surface area contributed by atoms with Gasteiger partial charge in [-0.2, -0.15) is 0 Å². The molecule has 0 radical (unpaired) electrons. The molecule has 1 aliphatic heterocycles. The number of alkyl halides is 1. The zero-order chi connectivity index (χ0) is 9.19. The molecule has 0 amide bonds. The summed E-state index contributed by atoms with van der Waals surface area (Å²) in [6.07, 6.45) is 2.31. The Kier molecular flexibility index (Phi) is 3.62. The summed E-state index contributed by atoms with van der Waals surface area (Å²) in [4.78, 5) is 0. The van der Waals surface area contributed by atoms with Gasteiger partial charge in [-0.25, -0.2) is 0 Å². The fourth-order valence-corrected chi connectivity index (χ4v) is 6.71.